The van der Waals surface area contributed by atoms with Crippen molar-refractivity contribution in [3.63, 3.8) is 0 Å². The maximum absolute atomic E-state index is 12.8. The third-order valence-electron chi connectivity index (χ3n) is 11.7. The average Bonchev–Trinajstić information content (AvgIpc) is 3.25. The van der Waals surface area contributed by atoms with Gasteiger partial charge in [-0.2, -0.15) is 0 Å². The Labute approximate surface area is 374 Å². The summed E-state index contributed by atoms with van der Waals surface area (Å²) in [5.74, 6) is -0.407. The SMILES string of the molecule is CCCCC/C=C\C/C=C\C/C=C\CCCCCCC(=O)O[C@H](COCCCCCCCCCCCCCCCCCC)COC(=O)CCCCCCCCCCCCC. The maximum atomic E-state index is 12.8. The van der Waals surface area contributed by atoms with E-state index in [0.717, 1.165) is 64.2 Å². The number of carbonyl (C=O) groups excluding carboxylic acids is 2. The molecule has 0 aromatic rings. The smallest absolute Gasteiger partial charge is 0.306 e. The summed E-state index contributed by atoms with van der Waals surface area (Å²) in [6.45, 7) is 7.82. The number of hydrogen-bond donors (Lipinski definition) is 0. The van der Waals surface area contributed by atoms with Crippen LogP contribution in [0.3, 0.4) is 0 Å². The summed E-state index contributed by atoms with van der Waals surface area (Å²) in [6.07, 6.45) is 61.5. The van der Waals surface area contributed by atoms with E-state index in [2.05, 4.69) is 57.2 Å². The average molecular weight is 843 g/mol. The van der Waals surface area contributed by atoms with Gasteiger partial charge in [-0.15, -0.1) is 0 Å². The topological polar surface area (TPSA) is 61.8 Å². The van der Waals surface area contributed by atoms with Crippen LogP contribution in [-0.4, -0.2) is 37.9 Å². The summed E-state index contributed by atoms with van der Waals surface area (Å²) >= 11 is 0. The van der Waals surface area contributed by atoms with Crippen molar-refractivity contribution in [3.05, 3.63) is 36.5 Å². The van der Waals surface area contributed by atoms with Crippen LogP contribution in [0.2, 0.25) is 0 Å². The van der Waals surface area contributed by atoms with Gasteiger partial charge in [-0.3, -0.25) is 9.59 Å². The van der Waals surface area contributed by atoms with Crippen LogP contribution in [-0.2, 0) is 23.8 Å². The van der Waals surface area contributed by atoms with Crippen LogP contribution < -0.4 is 0 Å². The van der Waals surface area contributed by atoms with Crippen LogP contribution in [0.4, 0.5) is 0 Å². The Kier molecular flexibility index (Phi) is 49.9. The molecule has 0 unspecified atom stereocenters. The first-order chi connectivity index (χ1) is 29.6. The summed E-state index contributed by atoms with van der Waals surface area (Å²) in [6, 6.07) is 0. The van der Waals surface area contributed by atoms with Crippen LogP contribution in [0, 0.1) is 0 Å². The van der Waals surface area contributed by atoms with Crippen LogP contribution in [0.25, 0.3) is 0 Å². The molecule has 0 aliphatic heterocycles. The predicted octanol–water partition coefficient (Wildman–Crippen LogP) is 17.8. The molecule has 5 heteroatoms. The molecule has 0 aliphatic rings. The molecule has 5 nitrogen and oxygen atoms in total. The van der Waals surface area contributed by atoms with Gasteiger partial charge in [0.2, 0.25) is 0 Å². The number of rotatable bonds is 49. The van der Waals surface area contributed by atoms with Crippen molar-refractivity contribution in [2.75, 3.05) is 19.8 Å². The second-order valence-electron chi connectivity index (χ2n) is 17.8. The predicted molar refractivity (Wildman–Crippen MR) is 261 cm³/mol. The molecule has 0 aliphatic carbocycles. The molecule has 0 saturated carbocycles. The standard InChI is InChI=1S/C55H102O5/c1-4-7-10-13-16-19-22-24-26-28-29-31-34-37-40-43-46-49-55(57)60-53(52-59-54(56)48-45-42-39-36-33-21-18-15-12-9-6-3)51-58-50-47-44-41-38-35-32-30-27-25-23-20-17-14-11-8-5-2/h16,19,24,26,29,31,53H,4-15,17-18,20-23,25,27-28,30,32-52H2,1-3H3/b19-16-,26-24-,31-29-/t53-/m1/s1. The van der Waals surface area contributed by atoms with Gasteiger partial charge < -0.3 is 14.2 Å². The van der Waals surface area contributed by atoms with Crippen molar-refractivity contribution in [2.45, 2.75) is 284 Å². The van der Waals surface area contributed by atoms with Gasteiger partial charge in [0.15, 0.2) is 6.10 Å². The zero-order valence-corrected chi connectivity index (χ0v) is 40.5. The Morgan fingerprint density at radius 3 is 1.15 bits per heavy atom. The molecule has 0 amide bonds. The van der Waals surface area contributed by atoms with Crippen molar-refractivity contribution in [2.24, 2.45) is 0 Å². The van der Waals surface area contributed by atoms with Gasteiger partial charge in [0.1, 0.15) is 6.61 Å². The second kappa shape index (κ2) is 51.5. The lowest BCUT2D eigenvalue weighted by Gasteiger charge is -2.18. The second-order valence-corrected chi connectivity index (χ2v) is 17.8. The van der Waals surface area contributed by atoms with Gasteiger partial charge in [0, 0.05) is 19.4 Å². The molecule has 0 radical (unpaired) electrons. The summed E-state index contributed by atoms with van der Waals surface area (Å²) < 4.78 is 17.4. The zero-order chi connectivity index (χ0) is 43.5. The van der Waals surface area contributed by atoms with E-state index in [0.29, 0.717) is 19.4 Å². The molecule has 60 heavy (non-hydrogen) atoms. The molecule has 0 aromatic carbocycles. The number of carbonyl (C=O) groups is 2. The van der Waals surface area contributed by atoms with E-state index in [1.807, 2.05) is 0 Å². The number of unbranched alkanes of at least 4 members (excludes halogenated alkanes) is 32. The number of esters is 2. The van der Waals surface area contributed by atoms with E-state index in [-0.39, 0.29) is 25.2 Å². The zero-order valence-electron chi connectivity index (χ0n) is 40.5. The van der Waals surface area contributed by atoms with Gasteiger partial charge in [-0.1, -0.05) is 243 Å². The Bertz CT molecular complexity index is 955. The van der Waals surface area contributed by atoms with Gasteiger partial charge in [-0.05, 0) is 57.8 Å². The third-order valence-corrected chi connectivity index (χ3v) is 11.7. The monoisotopic (exact) mass is 843 g/mol. The first-order valence-corrected chi connectivity index (χ1v) is 26.5. The van der Waals surface area contributed by atoms with E-state index in [1.54, 1.807) is 0 Å². The highest BCUT2D eigenvalue weighted by molar-refractivity contribution is 5.70. The van der Waals surface area contributed by atoms with Crippen LogP contribution in [0.1, 0.15) is 278 Å². The molecule has 0 spiro atoms. The summed E-state index contributed by atoms with van der Waals surface area (Å²) in [4.78, 5) is 25.4. The third kappa shape index (κ3) is 48.8. The molecule has 352 valence electrons. The minimum Gasteiger partial charge on any atom is -0.462 e. The van der Waals surface area contributed by atoms with Crippen molar-refractivity contribution in [1.29, 1.82) is 0 Å². The molecular weight excluding hydrogens is 741 g/mol. The summed E-state index contributed by atoms with van der Waals surface area (Å²) in [5, 5.41) is 0. The molecule has 0 N–H and O–H groups in total. The molecule has 0 bridgehead atoms. The van der Waals surface area contributed by atoms with Crippen LogP contribution >= 0.6 is 0 Å². The highest BCUT2D eigenvalue weighted by Crippen LogP contribution is 2.16. The summed E-state index contributed by atoms with van der Waals surface area (Å²) in [5.41, 5.74) is 0. The highest BCUT2D eigenvalue weighted by atomic mass is 16.6. The Hall–Kier alpha value is -1.88. The minimum atomic E-state index is -0.541. The minimum absolute atomic E-state index is 0.0822. The lowest BCUT2D eigenvalue weighted by atomic mass is 10.0. The van der Waals surface area contributed by atoms with Crippen molar-refractivity contribution in [3.8, 4) is 0 Å². The van der Waals surface area contributed by atoms with Crippen LogP contribution in [0.15, 0.2) is 36.5 Å². The molecular formula is C55H102O5. The van der Waals surface area contributed by atoms with E-state index in [9.17, 15) is 9.59 Å². The normalized spacial score (nSPS) is 12.4. The Morgan fingerprint density at radius 2 is 0.700 bits per heavy atom. The summed E-state index contributed by atoms with van der Waals surface area (Å²) in [7, 11) is 0. The molecule has 0 fully saturated rings. The lowest BCUT2D eigenvalue weighted by Crippen LogP contribution is -2.30. The highest BCUT2D eigenvalue weighted by Gasteiger charge is 2.17. The molecule has 1 atom stereocenters. The number of hydrogen-bond acceptors (Lipinski definition) is 5. The molecule has 0 aromatic heterocycles. The Morgan fingerprint density at radius 1 is 0.367 bits per heavy atom. The molecule has 0 heterocycles. The van der Waals surface area contributed by atoms with Gasteiger partial charge >= 0.3 is 11.9 Å². The quantitative estimate of drug-likeness (QED) is 0.0347. The molecule has 0 saturated heterocycles. The van der Waals surface area contributed by atoms with E-state index >= 15 is 0 Å². The maximum Gasteiger partial charge on any atom is 0.306 e. The van der Waals surface area contributed by atoms with Crippen molar-refractivity contribution >= 4 is 11.9 Å². The van der Waals surface area contributed by atoms with E-state index in [1.165, 1.54) is 180 Å². The van der Waals surface area contributed by atoms with Gasteiger partial charge in [0.05, 0.1) is 6.61 Å². The van der Waals surface area contributed by atoms with Crippen LogP contribution in [0.5, 0.6) is 0 Å². The molecule has 0 rings (SSSR count). The van der Waals surface area contributed by atoms with E-state index < -0.39 is 6.10 Å². The van der Waals surface area contributed by atoms with E-state index in [4.69, 9.17) is 14.2 Å². The van der Waals surface area contributed by atoms with Crippen molar-refractivity contribution in [1.82, 2.24) is 0 Å². The number of ether oxygens (including phenoxy) is 3. The van der Waals surface area contributed by atoms with Gasteiger partial charge in [0.25, 0.3) is 0 Å². The fraction of sp³-hybridized carbons (Fsp3) is 0.855. The van der Waals surface area contributed by atoms with Crippen molar-refractivity contribution < 1.29 is 23.8 Å². The first-order valence-electron chi connectivity index (χ1n) is 26.5. The fourth-order valence-corrected chi connectivity index (χ4v) is 7.69. The number of allylic oxidation sites excluding steroid dienone is 6. The lowest BCUT2D eigenvalue weighted by molar-refractivity contribution is -0.163. The fourth-order valence-electron chi connectivity index (χ4n) is 7.69. The first kappa shape index (κ1) is 58.1. The largest absolute Gasteiger partial charge is 0.462 e. The Balaban J connectivity index is 4.26. The van der Waals surface area contributed by atoms with Gasteiger partial charge in [-0.25, -0.2) is 0 Å².